The van der Waals surface area contributed by atoms with Crippen molar-refractivity contribution in [2.45, 2.75) is 52.2 Å². The summed E-state index contributed by atoms with van der Waals surface area (Å²) < 4.78 is 11.8. The molecule has 6 heteroatoms. The zero-order chi connectivity index (χ0) is 25.7. The van der Waals surface area contributed by atoms with Gasteiger partial charge in [-0.2, -0.15) is 0 Å². The van der Waals surface area contributed by atoms with Gasteiger partial charge in [0.15, 0.2) is 0 Å². The van der Waals surface area contributed by atoms with E-state index < -0.39 is 5.60 Å². The Morgan fingerprint density at radius 1 is 1.22 bits per heavy atom. The molecular formula is C30H34N2O3S. The minimum absolute atomic E-state index is 0.0475. The van der Waals surface area contributed by atoms with E-state index in [1.54, 1.807) is 11.3 Å². The molecule has 1 fully saturated rings. The van der Waals surface area contributed by atoms with Crippen LogP contribution in [0.3, 0.4) is 0 Å². The van der Waals surface area contributed by atoms with Crippen molar-refractivity contribution in [3.05, 3.63) is 83.2 Å². The van der Waals surface area contributed by atoms with Gasteiger partial charge >= 0.3 is 6.09 Å². The smallest absolute Gasteiger partial charge is 0.410 e. The highest BCUT2D eigenvalue weighted by Crippen LogP contribution is 2.39. The molecular weight excluding hydrogens is 468 g/mol. The quantitative estimate of drug-likeness (QED) is 0.306. The van der Waals surface area contributed by atoms with E-state index in [-0.39, 0.29) is 12.1 Å². The minimum Gasteiger partial charge on any atom is -0.488 e. The Hall–Kier alpha value is -3.38. The number of rotatable bonds is 7. The number of ether oxygens (including phenoxy) is 2. The summed E-state index contributed by atoms with van der Waals surface area (Å²) in [7, 11) is 0. The van der Waals surface area contributed by atoms with Gasteiger partial charge in [0.2, 0.25) is 0 Å². The second-order valence-electron chi connectivity index (χ2n) is 9.82. The number of hydrogen-bond donors (Lipinski definition) is 0. The lowest BCUT2D eigenvalue weighted by atomic mass is 10.0. The van der Waals surface area contributed by atoms with Gasteiger partial charge in [-0.15, -0.1) is 11.3 Å². The molecule has 1 aromatic heterocycles. The fourth-order valence-corrected chi connectivity index (χ4v) is 5.27. The Morgan fingerprint density at radius 2 is 2.00 bits per heavy atom. The molecule has 5 nitrogen and oxygen atoms in total. The molecule has 1 aliphatic heterocycles. The lowest BCUT2D eigenvalue weighted by Gasteiger charge is -2.27. The number of fused-ring (bicyclic) bond motifs is 1. The summed E-state index contributed by atoms with van der Waals surface area (Å²) in [5, 5.41) is 5.15. The van der Waals surface area contributed by atoms with Crippen LogP contribution in [0, 0.1) is 0 Å². The van der Waals surface area contributed by atoms with Crippen molar-refractivity contribution in [3.8, 4) is 17.0 Å². The molecule has 1 amide bonds. The van der Waals surface area contributed by atoms with Crippen LogP contribution in [0.5, 0.6) is 5.75 Å². The van der Waals surface area contributed by atoms with E-state index in [2.05, 4.69) is 30.2 Å². The Balaban J connectivity index is 1.60. The molecule has 1 aliphatic rings. The largest absolute Gasteiger partial charge is 0.488 e. The van der Waals surface area contributed by atoms with Crippen LogP contribution in [0.4, 0.5) is 4.79 Å². The third kappa shape index (κ3) is 5.88. The van der Waals surface area contributed by atoms with Gasteiger partial charge < -0.3 is 9.47 Å². The van der Waals surface area contributed by atoms with Crippen molar-refractivity contribution in [3.63, 3.8) is 0 Å². The molecule has 0 saturated carbocycles. The number of carbonyl (C=O) groups is 1. The highest BCUT2D eigenvalue weighted by molar-refractivity contribution is 7.10. The number of aromatic nitrogens is 1. The SMILES string of the molecule is C=C/C(=C\C=C/C)COc1ccc(-c2csc([C@@H]3CCCN3C(=O)OC(C)(C)C)n2)c2ccccc12. The molecule has 0 unspecified atom stereocenters. The highest BCUT2D eigenvalue weighted by Gasteiger charge is 2.35. The maximum atomic E-state index is 12.8. The van der Waals surface area contributed by atoms with E-state index in [1.165, 1.54) is 0 Å². The van der Waals surface area contributed by atoms with Crippen LogP contribution in [0.2, 0.25) is 0 Å². The fraction of sp³-hybridized carbons (Fsp3) is 0.333. The van der Waals surface area contributed by atoms with Gasteiger partial charge in [0.25, 0.3) is 0 Å². The Morgan fingerprint density at radius 3 is 2.72 bits per heavy atom. The average Bonchev–Trinajstić information content (AvgIpc) is 3.53. The average molecular weight is 503 g/mol. The molecule has 0 radical (unpaired) electrons. The first-order valence-corrected chi connectivity index (χ1v) is 13.2. The van der Waals surface area contributed by atoms with Crippen LogP contribution in [0.25, 0.3) is 22.0 Å². The normalized spacial score (nSPS) is 16.6. The van der Waals surface area contributed by atoms with Crippen molar-refractivity contribution in [2.24, 2.45) is 0 Å². The van der Waals surface area contributed by atoms with E-state index in [9.17, 15) is 4.79 Å². The molecule has 0 aliphatic carbocycles. The summed E-state index contributed by atoms with van der Waals surface area (Å²) in [5.41, 5.74) is 2.45. The van der Waals surface area contributed by atoms with Gasteiger partial charge in [-0.1, -0.05) is 55.1 Å². The van der Waals surface area contributed by atoms with Gasteiger partial charge in [-0.05, 0) is 63.6 Å². The summed E-state index contributed by atoms with van der Waals surface area (Å²) in [6, 6.07) is 12.3. The maximum absolute atomic E-state index is 12.8. The fourth-order valence-electron chi connectivity index (χ4n) is 4.30. The second-order valence-corrected chi connectivity index (χ2v) is 10.7. The van der Waals surface area contributed by atoms with E-state index in [1.807, 2.05) is 75.1 Å². The van der Waals surface area contributed by atoms with Crippen molar-refractivity contribution in [1.82, 2.24) is 9.88 Å². The predicted molar refractivity (Wildman–Crippen MR) is 149 cm³/mol. The van der Waals surface area contributed by atoms with Crippen LogP contribution >= 0.6 is 11.3 Å². The summed E-state index contributed by atoms with van der Waals surface area (Å²) in [6.07, 6.45) is 9.36. The first-order valence-electron chi connectivity index (χ1n) is 12.3. The van der Waals surface area contributed by atoms with E-state index in [4.69, 9.17) is 14.5 Å². The van der Waals surface area contributed by atoms with Gasteiger partial charge in [0.1, 0.15) is 23.0 Å². The third-order valence-corrected chi connectivity index (χ3v) is 6.95. The zero-order valence-electron chi connectivity index (χ0n) is 21.5. The Kier molecular flexibility index (Phi) is 7.94. The zero-order valence-corrected chi connectivity index (χ0v) is 22.3. The standard InChI is InChI=1S/C30H34N2O3S/c1-6-8-12-21(7-2)19-34-27-17-16-23(22-13-9-10-14-24(22)27)25-20-36-28(31-25)26-15-11-18-32(26)29(33)35-30(3,4)5/h6-10,12-14,16-17,20,26H,2,11,15,18-19H2,1,3-5H3/b8-6-,21-12+/t26-/m0/s1. The number of nitrogens with zero attached hydrogens (tertiary/aromatic N) is 2. The Labute approximate surface area is 217 Å². The first-order chi connectivity index (χ1) is 17.3. The van der Waals surface area contributed by atoms with Crippen molar-refractivity contribution in [1.29, 1.82) is 0 Å². The van der Waals surface area contributed by atoms with Crippen LogP contribution in [-0.4, -0.2) is 34.7 Å². The molecule has 1 saturated heterocycles. The molecule has 36 heavy (non-hydrogen) atoms. The molecule has 0 bridgehead atoms. The van der Waals surface area contributed by atoms with Crippen LogP contribution < -0.4 is 4.74 Å². The number of thiazole rings is 1. The summed E-state index contributed by atoms with van der Waals surface area (Å²) in [4.78, 5) is 19.6. The maximum Gasteiger partial charge on any atom is 0.410 e. The van der Waals surface area contributed by atoms with E-state index in [0.29, 0.717) is 13.2 Å². The first kappa shape index (κ1) is 25.7. The minimum atomic E-state index is -0.518. The topological polar surface area (TPSA) is 51.7 Å². The van der Waals surface area contributed by atoms with Crippen LogP contribution in [-0.2, 0) is 4.74 Å². The van der Waals surface area contributed by atoms with Crippen LogP contribution in [0.15, 0.2) is 78.2 Å². The number of carbonyl (C=O) groups excluding carboxylic acids is 1. The third-order valence-electron chi connectivity index (χ3n) is 6.01. The summed E-state index contributed by atoms with van der Waals surface area (Å²) in [6.45, 7) is 12.7. The van der Waals surface area contributed by atoms with Crippen molar-refractivity contribution < 1.29 is 14.3 Å². The molecule has 3 aromatic rings. The lowest BCUT2D eigenvalue weighted by Crippen LogP contribution is -2.36. The second kappa shape index (κ2) is 11.1. The predicted octanol–water partition coefficient (Wildman–Crippen LogP) is 8.10. The molecule has 0 N–H and O–H groups in total. The number of benzene rings is 2. The van der Waals surface area contributed by atoms with Gasteiger partial charge in [0, 0.05) is 22.9 Å². The van der Waals surface area contributed by atoms with E-state index in [0.717, 1.165) is 51.2 Å². The van der Waals surface area contributed by atoms with Crippen molar-refractivity contribution >= 4 is 28.2 Å². The number of hydrogen-bond acceptors (Lipinski definition) is 5. The molecule has 1 atom stereocenters. The molecule has 2 aromatic carbocycles. The van der Waals surface area contributed by atoms with E-state index >= 15 is 0 Å². The van der Waals surface area contributed by atoms with Crippen molar-refractivity contribution in [2.75, 3.05) is 13.2 Å². The highest BCUT2D eigenvalue weighted by atomic mass is 32.1. The molecule has 2 heterocycles. The molecule has 188 valence electrons. The van der Waals surface area contributed by atoms with Gasteiger partial charge in [0.05, 0.1) is 11.7 Å². The number of amides is 1. The number of likely N-dealkylation sites (tertiary alicyclic amines) is 1. The lowest BCUT2D eigenvalue weighted by molar-refractivity contribution is 0.0224. The molecule has 4 rings (SSSR count). The Bertz CT molecular complexity index is 1300. The summed E-state index contributed by atoms with van der Waals surface area (Å²) in [5.74, 6) is 0.824. The number of allylic oxidation sites excluding steroid dienone is 3. The van der Waals surface area contributed by atoms with Crippen LogP contribution in [0.1, 0.15) is 51.6 Å². The van der Waals surface area contributed by atoms with Gasteiger partial charge in [-0.3, -0.25) is 4.90 Å². The molecule has 0 spiro atoms. The summed E-state index contributed by atoms with van der Waals surface area (Å²) >= 11 is 1.60. The van der Waals surface area contributed by atoms with Gasteiger partial charge in [-0.25, -0.2) is 9.78 Å². The monoisotopic (exact) mass is 502 g/mol.